The Labute approximate surface area is 89.5 Å². The first-order valence-corrected chi connectivity index (χ1v) is 5.80. The Morgan fingerprint density at radius 2 is 2.27 bits per heavy atom. The van der Waals surface area contributed by atoms with Gasteiger partial charge in [0.05, 0.1) is 0 Å². The number of aromatic nitrogens is 2. The number of carbonyl (C=O) groups is 1. The summed E-state index contributed by atoms with van der Waals surface area (Å²) in [5, 5.41) is 0. The molecule has 3 heteroatoms. The second-order valence-electron chi connectivity index (χ2n) is 4.84. The highest BCUT2D eigenvalue weighted by Gasteiger charge is 2.32. The zero-order valence-corrected chi connectivity index (χ0v) is 9.07. The van der Waals surface area contributed by atoms with Gasteiger partial charge in [-0.2, -0.15) is 0 Å². The van der Waals surface area contributed by atoms with E-state index in [1.54, 1.807) is 6.92 Å². The van der Waals surface area contributed by atoms with Crippen molar-refractivity contribution in [2.24, 2.45) is 5.92 Å². The number of imidazole rings is 1. The summed E-state index contributed by atoms with van der Waals surface area (Å²) in [7, 11) is 0. The average Bonchev–Trinajstić information content (AvgIpc) is 2.98. The molecule has 0 saturated heterocycles. The van der Waals surface area contributed by atoms with Crippen LogP contribution in [0.3, 0.4) is 0 Å². The minimum absolute atomic E-state index is 0.226. The van der Waals surface area contributed by atoms with Crippen molar-refractivity contribution in [3.63, 3.8) is 0 Å². The molecule has 80 valence electrons. The Kier molecular flexibility index (Phi) is 1.94. The number of Topliss-reactive ketones (excluding diaryl/α,β-unsaturated/α-hetero) is 1. The second-order valence-corrected chi connectivity index (χ2v) is 4.84. The van der Waals surface area contributed by atoms with Gasteiger partial charge in [0.25, 0.3) is 0 Å². The van der Waals surface area contributed by atoms with Gasteiger partial charge in [-0.15, -0.1) is 0 Å². The number of rotatable bonds is 2. The Morgan fingerprint density at radius 1 is 1.47 bits per heavy atom. The predicted octanol–water partition coefficient (Wildman–Crippen LogP) is 1.91. The van der Waals surface area contributed by atoms with Crippen LogP contribution in [0.1, 0.15) is 43.6 Å². The number of nitrogens with zero attached hydrogens (tertiary/aromatic N) is 2. The lowest BCUT2D eigenvalue weighted by Crippen LogP contribution is -2.26. The average molecular weight is 204 g/mol. The summed E-state index contributed by atoms with van der Waals surface area (Å²) in [4.78, 5) is 15.9. The van der Waals surface area contributed by atoms with Crippen molar-refractivity contribution in [2.45, 2.75) is 45.1 Å². The van der Waals surface area contributed by atoms with E-state index in [0.717, 1.165) is 19.4 Å². The zero-order chi connectivity index (χ0) is 10.4. The predicted molar refractivity (Wildman–Crippen MR) is 56.7 cm³/mol. The lowest BCUT2D eigenvalue weighted by atomic mass is 9.95. The molecule has 15 heavy (non-hydrogen) atoms. The maximum atomic E-state index is 11.4. The lowest BCUT2D eigenvalue weighted by molar-refractivity contribution is -0.121. The molecule has 0 spiro atoms. The highest BCUT2D eigenvalue weighted by atomic mass is 16.1. The molecule has 0 aromatic carbocycles. The van der Waals surface area contributed by atoms with Crippen molar-refractivity contribution < 1.29 is 4.79 Å². The fourth-order valence-electron chi connectivity index (χ4n) is 2.47. The van der Waals surface area contributed by atoms with Crippen LogP contribution in [0, 0.1) is 5.92 Å². The molecular formula is C12H16N2O. The summed E-state index contributed by atoms with van der Waals surface area (Å²) in [6.45, 7) is 2.58. The second kappa shape index (κ2) is 3.19. The van der Waals surface area contributed by atoms with Crippen molar-refractivity contribution in [3.05, 3.63) is 17.7 Å². The van der Waals surface area contributed by atoms with Crippen LogP contribution in [0.4, 0.5) is 0 Å². The van der Waals surface area contributed by atoms with E-state index in [-0.39, 0.29) is 5.92 Å². The van der Waals surface area contributed by atoms with Crippen LogP contribution in [0.2, 0.25) is 0 Å². The molecule has 1 atom stereocenters. The molecule has 2 aliphatic rings. The van der Waals surface area contributed by atoms with E-state index in [4.69, 9.17) is 0 Å². The van der Waals surface area contributed by atoms with Crippen molar-refractivity contribution in [1.29, 1.82) is 0 Å². The monoisotopic (exact) mass is 204 g/mol. The molecule has 1 unspecified atom stereocenters. The van der Waals surface area contributed by atoms with Gasteiger partial charge in [0.15, 0.2) is 0 Å². The van der Waals surface area contributed by atoms with E-state index in [1.807, 2.05) is 6.20 Å². The first kappa shape index (κ1) is 9.13. The van der Waals surface area contributed by atoms with Gasteiger partial charge < -0.3 is 4.57 Å². The van der Waals surface area contributed by atoms with Gasteiger partial charge in [-0.05, 0) is 32.6 Å². The molecule has 1 aromatic rings. The van der Waals surface area contributed by atoms with Crippen LogP contribution in [-0.2, 0) is 17.8 Å². The van der Waals surface area contributed by atoms with E-state index in [9.17, 15) is 4.79 Å². The number of carbonyl (C=O) groups excluding carboxylic acids is 1. The van der Waals surface area contributed by atoms with Gasteiger partial charge in [-0.25, -0.2) is 4.98 Å². The number of aryl methyl sites for hydroxylation is 1. The van der Waals surface area contributed by atoms with Crippen LogP contribution >= 0.6 is 0 Å². The fraction of sp³-hybridized carbons (Fsp3) is 0.667. The third kappa shape index (κ3) is 1.50. The number of fused-ring (bicyclic) bond motifs is 1. The molecule has 1 aliphatic carbocycles. The molecule has 1 aromatic heterocycles. The third-order valence-corrected chi connectivity index (χ3v) is 3.64. The van der Waals surface area contributed by atoms with Gasteiger partial charge in [0.2, 0.25) is 0 Å². The van der Waals surface area contributed by atoms with E-state index in [2.05, 4.69) is 9.55 Å². The molecule has 0 bridgehead atoms. The Hall–Kier alpha value is -1.12. The van der Waals surface area contributed by atoms with Gasteiger partial charge in [-0.1, -0.05) is 0 Å². The fourth-order valence-corrected chi connectivity index (χ4v) is 2.47. The van der Waals surface area contributed by atoms with Crippen molar-refractivity contribution >= 4 is 5.78 Å². The van der Waals surface area contributed by atoms with E-state index < -0.39 is 0 Å². The Morgan fingerprint density at radius 3 is 2.93 bits per heavy atom. The third-order valence-electron chi connectivity index (χ3n) is 3.64. The minimum atomic E-state index is 0.226. The molecule has 1 aliphatic heterocycles. The molecule has 0 radical (unpaired) electrons. The molecule has 2 heterocycles. The molecule has 0 amide bonds. The van der Waals surface area contributed by atoms with Gasteiger partial charge >= 0.3 is 0 Å². The van der Waals surface area contributed by atoms with Crippen LogP contribution in [-0.4, -0.2) is 15.3 Å². The Balaban J connectivity index is 1.91. The maximum absolute atomic E-state index is 11.4. The van der Waals surface area contributed by atoms with Crippen LogP contribution in [0.25, 0.3) is 0 Å². The molecule has 3 nitrogen and oxygen atoms in total. The number of ketones is 1. The summed E-state index contributed by atoms with van der Waals surface area (Å²) >= 11 is 0. The summed E-state index contributed by atoms with van der Waals surface area (Å²) < 4.78 is 2.30. The minimum Gasteiger partial charge on any atom is -0.331 e. The number of hydrogen-bond acceptors (Lipinski definition) is 2. The smallest absolute Gasteiger partial charge is 0.134 e. The molecule has 1 saturated carbocycles. The quantitative estimate of drug-likeness (QED) is 0.737. The summed E-state index contributed by atoms with van der Waals surface area (Å²) in [5.74, 6) is 2.47. The Bertz CT molecular complexity index is 404. The van der Waals surface area contributed by atoms with Crippen LogP contribution in [0.5, 0.6) is 0 Å². The standard InChI is InChI=1S/C12H16N2O/c1-8(15)10-4-5-11-6-13-12(9-2-3-9)14(11)7-10/h6,9-10H,2-5,7H2,1H3. The normalized spacial score (nSPS) is 25.0. The molecule has 3 rings (SSSR count). The van der Waals surface area contributed by atoms with Gasteiger partial charge in [0, 0.05) is 30.3 Å². The summed E-state index contributed by atoms with van der Waals surface area (Å²) in [6, 6.07) is 0. The first-order valence-electron chi connectivity index (χ1n) is 5.80. The van der Waals surface area contributed by atoms with Crippen molar-refractivity contribution in [3.8, 4) is 0 Å². The lowest BCUT2D eigenvalue weighted by Gasteiger charge is -2.23. The largest absolute Gasteiger partial charge is 0.331 e. The summed E-state index contributed by atoms with van der Waals surface area (Å²) in [6.07, 6.45) is 6.58. The van der Waals surface area contributed by atoms with Crippen LogP contribution in [0.15, 0.2) is 6.20 Å². The van der Waals surface area contributed by atoms with E-state index in [1.165, 1.54) is 24.4 Å². The highest BCUT2D eigenvalue weighted by molar-refractivity contribution is 5.78. The topological polar surface area (TPSA) is 34.9 Å². The molecule has 1 fully saturated rings. The van der Waals surface area contributed by atoms with E-state index in [0.29, 0.717) is 11.7 Å². The van der Waals surface area contributed by atoms with Crippen LogP contribution < -0.4 is 0 Å². The zero-order valence-electron chi connectivity index (χ0n) is 9.07. The summed E-state index contributed by atoms with van der Waals surface area (Å²) in [5.41, 5.74) is 1.33. The van der Waals surface area contributed by atoms with Crippen molar-refractivity contribution in [1.82, 2.24) is 9.55 Å². The molecular weight excluding hydrogens is 188 g/mol. The molecule has 0 N–H and O–H groups in total. The van der Waals surface area contributed by atoms with Gasteiger partial charge in [0.1, 0.15) is 11.6 Å². The highest BCUT2D eigenvalue weighted by Crippen LogP contribution is 2.40. The maximum Gasteiger partial charge on any atom is 0.134 e. The van der Waals surface area contributed by atoms with E-state index >= 15 is 0 Å². The SMILES string of the molecule is CC(=O)C1CCc2cnc(C3CC3)n2C1. The van der Waals surface area contributed by atoms with Gasteiger partial charge in [-0.3, -0.25) is 4.79 Å². The van der Waals surface area contributed by atoms with Crippen molar-refractivity contribution in [2.75, 3.05) is 0 Å². The first-order chi connectivity index (χ1) is 7.25. The number of hydrogen-bond donors (Lipinski definition) is 0.